The van der Waals surface area contributed by atoms with Crippen LogP contribution in [0.1, 0.15) is 47.0 Å². The number of carbonyl (C=O) groups excluding carboxylic acids is 1. The van der Waals surface area contributed by atoms with E-state index in [0.29, 0.717) is 12.3 Å². The average Bonchev–Trinajstić information content (AvgIpc) is 2.75. The van der Waals surface area contributed by atoms with Gasteiger partial charge in [-0.15, -0.1) is 0 Å². The fourth-order valence-corrected chi connectivity index (χ4v) is 2.66. The van der Waals surface area contributed by atoms with Crippen LogP contribution < -0.4 is 5.73 Å². The fraction of sp³-hybridized carbons (Fsp3) is 0.933. The lowest BCUT2D eigenvalue weighted by Crippen LogP contribution is -2.39. The molecule has 1 amide bonds. The third kappa shape index (κ3) is 6.39. The van der Waals surface area contributed by atoms with Crippen LogP contribution in [0.3, 0.4) is 0 Å². The molecule has 19 heavy (non-hydrogen) atoms. The Morgan fingerprint density at radius 1 is 1.47 bits per heavy atom. The molecule has 1 aliphatic heterocycles. The third-order valence-corrected chi connectivity index (χ3v) is 3.55. The second-order valence-corrected chi connectivity index (χ2v) is 6.89. The Labute approximate surface area is 117 Å². The highest BCUT2D eigenvalue weighted by molar-refractivity contribution is 5.76. The minimum atomic E-state index is -0.0404. The van der Waals surface area contributed by atoms with E-state index in [9.17, 15) is 4.79 Å². The lowest BCUT2D eigenvalue weighted by Gasteiger charge is -2.27. The third-order valence-electron chi connectivity index (χ3n) is 3.55. The van der Waals surface area contributed by atoms with Gasteiger partial charge in [0.05, 0.1) is 6.61 Å². The summed E-state index contributed by atoms with van der Waals surface area (Å²) < 4.78 is 5.37. The highest BCUT2D eigenvalue weighted by Gasteiger charge is 2.24. The summed E-state index contributed by atoms with van der Waals surface area (Å²) in [6.45, 7) is 11.7. The number of carbonyl (C=O) groups is 1. The highest BCUT2D eigenvalue weighted by Crippen LogP contribution is 2.22. The van der Waals surface area contributed by atoms with E-state index >= 15 is 0 Å². The Hall–Kier alpha value is -0.610. The summed E-state index contributed by atoms with van der Waals surface area (Å²) in [5.41, 5.74) is 6.27. The monoisotopic (exact) mass is 270 g/mol. The van der Waals surface area contributed by atoms with Gasteiger partial charge in [0.1, 0.15) is 0 Å². The molecular formula is C15H30N2O2. The van der Waals surface area contributed by atoms with Crippen LogP contribution in [-0.4, -0.2) is 43.2 Å². The average molecular weight is 270 g/mol. The molecule has 1 aliphatic rings. The van der Waals surface area contributed by atoms with E-state index in [1.165, 1.54) is 0 Å². The van der Waals surface area contributed by atoms with Crippen molar-refractivity contribution in [2.45, 2.75) is 53.0 Å². The molecule has 0 bridgehead atoms. The number of amides is 1. The quantitative estimate of drug-likeness (QED) is 0.803. The summed E-state index contributed by atoms with van der Waals surface area (Å²) >= 11 is 0. The van der Waals surface area contributed by atoms with Crippen LogP contribution in [0.4, 0.5) is 0 Å². The van der Waals surface area contributed by atoms with Crippen LogP contribution in [0.2, 0.25) is 0 Å². The molecule has 0 aromatic carbocycles. The van der Waals surface area contributed by atoms with E-state index < -0.39 is 0 Å². The van der Waals surface area contributed by atoms with Crippen LogP contribution in [0.15, 0.2) is 0 Å². The lowest BCUT2D eigenvalue weighted by atomic mass is 9.87. The van der Waals surface area contributed by atoms with E-state index in [2.05, 4.69) is 20.8 Å². The maximum Gasteiger partial charge on any atom is 0.224 e. The van der Waals surface area contributed by atoms with Crippen molar-refractivity contribution in [1.29, 1.82) is 0 Å². The highest BCUT2D eigenvalue weighted by atomic mass is 16.5. The van der Waals surface area contributed by atoms with Crippen molar-refractivity contribution in [3.8, 4) is 0 Å². The van der Waals surface area contributed by atoms with Gasteiger partial charge in [0.25, 0.3) is 0 Å². The van der Waals surface area contributed by atoms with Crippen molar-refractivity contribution in [3.05, 3.63) is 0 Å². The number of nitrogens with zero attached hydrogens (tertiary/aromatic N) is 1. The van der Waals surface area contributed by atoms with Crippen molar-refractivity contribution in [2.24, 2.45) is 17.1 Å². The summed E-state index contributed by atoms with van der Waals surface area (Å²) in [5.74, 6) is 0.689. The van der Waals surface area contributed by atoms with E-state index in [-0.39, 0.29) is 17.4 Å². The van der Waals surface area contributed by atoms with Crippen molar-refractivity contribution in [1.82, 2.24) is 4.90 Å². The molecule has 1 rings (SSSR count). The predicted molar refractivity (Wildman–Crippen MR) is 77.8 cm³/mol. The molecule has 0 aromatic rings. The first-order chi connectivity index (χ1) is 8.81. The summed E-state index contributed by atoms with van der Waals surface area (Å²) in [5, 5.41) is 0. The first kappa shape index (κ1) is 16.4. The molecule has 1 fully saturated rings. The van der Waals surface area contributed by atoms with E-state index in [1.54, 1.807) is 0 Å². The van der Waals surface area contributed by atoms with Crippen molar-refractivity contribution in [3.63, 3.8) is 0 Å². The SMILES string of the molecule is CCN(CC1CCOC1)C(=O)CC(N)CC(C)(C)C. The second kappa shape index (κ2) is 7.25. The molecule has 4 nitrogen and oxygen atoms in total. The van der Waals surface area contributed by atoms with Gasteiger partial charge >= 0.3 is 0 Å². The summed E-state index contributed by atoms with van der Waals surface area (Å²) in [6, 6.07) is -0.0404. The van der Waals surface area contributed by atoms with Gasteiger partial charge in [-0.05, 0) is 25.2 Å². The Kier molecular flexibility index (Phi) is 6.27. The number of hydrogen-bond acceptors (Lipinski definition) is 3. The molecule has 1 heterocycles. The molecule has 0 aromatic heterocycles. The Morgan fingerprint density at radius 2 is 2.16 bits per heavy atom. The smallest absolute Gasteiger partial charge is 0.224 e. The minimum absolute atomic E-state index is 0.0404. The fourth-order valence-electron chi connectivity index (χ4n) is 2.66. The van der Waals surface area contributed by atoms with Gasteiger partial charge < -0.3 is 15.4 Å². The molecule has 2 N–H and O–H groups in total. The van der Waals surface area contributed by atoms with Crippen LogP contribution in [0, 0.1) is 11.3 Å². The van der Waals surface area contributed by atoms with Crippen LogP contribution >= 0.6 is 0 Å². The molecule has 1 saturated heterocycles. The van der Waals surface area contributed by atoms with Gasteiger partial charge in [0.15, 0.2) is 0 Å². The zero-order valence-corrected chi connectivity index (χ0v) is 12.9. The normalized spacial score (nSPS) is 21.4. The van der Waals surface area contributed by atoms with E-state index in [4.69, 9.17) is 10.5 Å². The lowest BCUT2D eigenvalue weighted by molar-refractivity contribution is -0.132. The standard InChI is InChI=1S/C15H30N2O2/c1-5-17(10-12-6-7-19-11-12)14(18)8-13(16)9-15(2,3)4/h12-13H,5-11,16H2,1-4H3. The number of nitrogens with two attached hydrogens (primary N) is 1. The molecule has 2 unspecified atom stereocenters. The van der Waals surface area contributed by atoms with Crippen molar-refractivity contribution >= 4 is 5.91 Å². The Morgan fingerprint density at radius 3 is 2.63 bits per heavy atom. The summed E-state index contributed by atoms with van der Waals surface area (Å²) in [4.78, 5) is 14.2. The molecule has 0 saturated carbocycles. The maximum absolute atomic E-state index is 12.3. The van der Waals surface area contributed by atoms with Gasteiger partial charge in [0.2, 0.25) is 5.91 Å². The zero-order chi connectivity index (χ0) is 14.5. The van der Waals surface area contributed by atoms with Crippen LogP contribution in [0.5, 0.6) is 0 Å². The van der Waals surface area contributed by atoms with Gasteiger partial charge in [-0.2, -0.15) is 0 Å². The number of hydrogen-bond donors (Lipinski definition) is 1. The van der Waals surface area contributed by atoms with Crippen LogP contribution in [-0.2, 0) is 9.53 Å². The molecule has 112 valence electrons. The molecule has 0 aliphatic carbocycles. The number of ether oxygens (including phenoxy) is 1. The van der Waals surface area contributed by atoms with Gasteiger partial charge in [-0.1, -0.05) is 20.8 Å². The molecule has 2 atom stereocenters. The zero-order valence-electron chi connectivity index (χ0n) is 12.9. The second-order valence-electron chi connectivity index (χ2n) is 6.89. The molecular weight excluding hydrogens is 240 g/mol. The largest absolute Gasteiger partial charge is 0.381 e. The molecule has 0 spiro atoms. The van der Waals surface area contributed by atoms with Crippen LogP contribution in [0.25, 0.3) is 0 Å². The first-order valence-electron chi connectivity index (χ1n) is 7.43. The summed E-state index contributed by atoms with van der Waals surface area (Å²) in [7, 11) is 0. The summed E-state index contributed by atoms with van der Waals surface area (Å²) in [6.07, 6.45) is 2.40. The molecule has 4 heteroatoms. The van der Waals surface area contributed by atoms with Gasteiger partial charge in [-0.25, -0.2) is 0 Å². The van der Waals surface area contributed by atoms with Crippen molar-refractivity contribution < 1.29 is 9.53 Å². The molecule has 0 radical (unpaired) electrons. The van der Waals surface area contributed by atoms with Gasteiger partial charge in [0, 0.05) is 38.1 Å². The van der Waals surface area contributed by atoms with Crippen molar-refractivity contribution in [2.75, 3.05) is 26.3 Å². The topological polar surface area (TPSA) is 55.6 Å². The first-order valence-corrected chi connectivity index (χ1v) is 7.43. The minimum Gasteiger partial charge on any atom is -0.381 e. The Bertz CT molecular complexity index is 280. The maximum atomic E-state index is 12.3. The van der Waals surface area contributed by atoms with E-state index in [0.717, 1.165) is 39.1 Å². The predicted octanol–water partition coefficient (Wildman–Crippen LogP) is 2.02. The van der Waals surface area contributed by atoms with E-state index in [1.807, 2.05) is 11.8 Å². The number of rotatable bonds is 6. The Balaban J connectivity index is 2.40. The van der Waals surface area contributed by atoms with Gasteiger partial charge in [-0.3, -0.25) is 4.79 Å².